The number of aliphatic hydroxyl groups is 2. The van der Waals surface area contributed by atoms with Crippen molar-refractivity contribution < 1.29 is 15.0 Å². The van der Waals surface area contributed by atoms with Crippen LogP contribution in [0.5, 0.6) is 0 Å². The van der Waals surface area contributed by atoms with Crippen LogP contribution in [0.4, 0.5) is 0 Å². The Kier molecular flexibility index (Phi) is 45.8. The van der Waals surface area contributed by atoms with Crippen molar-refractivity contribution in [3.63, 3.8) is 0 Å². The van der Waals surface area contributed by atoms with Crippen LogP contribution in [0.15, 0.2) is 12.2 Å². The summed E-state index contributed by atoms with van der Waals surface area (Å²) in [7, 11) is 0. The van der Waals surface area contributed by atoms with E-state index in [0.717, 1.165) is 25.7 Å². The third kappa shape index (κ3) is 42.3. The lowest BCUT2D eigenvalue weighted by Gasteiger charge is -2.20. The van der Waals surface area contributed by atoms with Gasteiger partial charge in [-0.15, -0.1) is 0 Å². The van der Waals surface area contributed by atoms with Gasteiger partial charge in [-0.25, -0.2) is 0 Å². The molecule has 0 radical (unpaired) electrons. The number of amides is 1. The van der Waals surface area contributed by atoms with E-state index in [9.17, 15) is 15.0 Å². The molecule has 2 atom stereocenters. The maximum atomic E-state index is 12.4. The highest BCUT2D eigenvalue weighted by Crippen LogP contribution is 2.17. The van der Waals surface area contributed by atoms with Crippen LogP contribution in [0.2, 0.25) is 0 Å². The monoisotopic (exact) mass is 762 g/mol. The lowest BCUT2D eigenvalue weighted by Crippen LogP contribution is -2.45. The smallest absolute Gasteiger partial charge is 0.220 e. The van der Waals surface area contributed by atoms with Gasteiger partial charge in [-0.05, 0) is 19.3 Å². The number of carbonyl (C=O) groups excluding carboxylic acids is 1. The Bertz CT molecular complexity index is 739. The summed E-state index contributed by atoms with van der Waals surface area (Å²) in [6, 6.07) is -0.617. The van der Waals surface area contributed by atoms with E-state index in [-0.39, 0.29) is 12.5 Å². The molecule has 1 amide bonds. The van der Waals surface area contributed by atoms with Crippen molar-refractivity contribution in [3.8, 4) is 0 Å². The Morgan fingerprint density at radius 3 is 0.963 bits per heavy atom. The van der Waals surface area contributed by atoms with Crippen LogP contribution in [0.25, 0.3) is 0 Å². The van der Waals surface area contributed by atoms with Gasteiger partial charge in [-0.1, -0.05) is 270 Å². The normalized spacial score (nSPS) is 12.9. The fourth-order valence-electron chi connectivity index (χ4n) is 7.95. The second-order valence-electron chi connectivity index (χ2n) is 17.2. The third-order valence-corrected chi connectivity index (χ3v) is 11.8. The molecule has 4 nitrogen and oxygen atoms in total. The summed E-state index contributed by atoms with van der Waals surface area (Å²) in [6.45, 7) is 4.34. The largest absolute Gasteiger partial charge is 0.394 e. The van der Waals surface area contributed by atoms with E-state index in [1.165, 1.54) is 238 Å². The third-order valence-electron chi connectivity index (χ3n) is 11.8. The van der Waals surface area contributed by atoms with Gasteiger partial charge in [0.2, 0.25) is 5.91 Å². The van der Waals surface area contributed by atoms with Crippen molar-refractivity contribution in [1.29, 1.82) is 0 Å². The Morgan fingerprint density at radius 1 is 0.426 bits per heavy atom. The van der Waals surface area contributed by atoms with Gasteiger partial charge in [0, 0.05) is 6.42 Å². The SMILES string of the molecule is CCCCCCCCCCCCCCCC/C=C/C(O)C(CO)NC(=O)CCCCCCCCCCCCCCCCCCCCCCCCCCCC. The molecule has 3 N–H and O–H groups in total. The van der Waals surface area contributed by atoms with Crippen LogP contribution in [0.1, 0.15) is 284 Å². The summed E-state index contributed by atoms with van der Waals surface area (Å²) in [5.41, 5.74) is 0. The van der Waals surface area contributed by atoms with Gasteiger partial charge >= 0.3 is 0 Å². The van der Waals surface area contributed by atoms with Gasteiger partial charge in [0.05, 0.1) is 18.8 Å². The fourth-order valence-corrected chi connectivity index (χ4v) is 7.95. The second-order valence-corrected chi connectivity index (χ2v) is 17.2. The van der Waals surface area contributed by atoms with Crippen molar-refractivity contribution in [2.24, 2.45) is 0 Å². The highest BCUT2D eigenvalue weighted by molar-refractivity contribution is 5.76. The molecule has 0 rings (SSSR count). The highest BCUT2D eigenvalue weighted by atomic mass is 16.3. The molecule has 2 unspecified atom stereocenters. The molecule has 0 bridgehead atoms. The summed E-state index contributed by atoms with van der Waals surface area (Å²) in [5.74, 6) is -0.0576. The molecule has 4 heteroatoms. The number of aliphatic hydroxyl groups excluding tert-OH is 2. The fraction of sp³-hybridized carbons (Fsp3) is 0.940. The van der Waals surface area contributed by atoms with E-state index >= 15 is 0 Å². The summed E-state index contributed by atoms with van der Waals surface area (Å²) >= 11 is 0. The first-order valence-corrected chi connectivity index (χ1v) is 24.9. The molecule has 322 valence electrons. The number of hydrogen-bond acceptors (Lipinski definition) is 3. The number of hydrogen-bond donors (Lipinski definition) is 3. The average molecular weight is 762 g/mol. The van der Waals surface area contributed by atoms with Gasteiger partial charge in [0.1, 0.15) is 0 Å². The van der Waals surface area contributed by atoms with E-state index in [4.69, 9.17) is 0 Å². The van der Waals surface area contributed by atoms with Crippen molar-refractivity contribution in [3.05, 3.63) is 12.2 Å². The molecule has 0 saturated heterocycles. The predicted octanol–water partition coefficient (Wildman–Crippen LogP) is 15.8. The lowest BCUT2D eigenvalue weighted by molar-refractivity contribution is -0.123. The molecule has 54 heavy (non-hydrogen) atoms. The van der Waals surface area contributed by atoms with Gasteiger partial charge in [-0.2, -0.15) is 0 Å². The lowest BCUT2D eigenvalue weighted by atomic mass is 10.0. The van der Waals surface area contributed by atoms with Gasteiger partial charge in [-0.3, -0.25) is 4.79 Å². The molecule has 0 aromatic rings. The number of carbonyl (C=O) groups is 1. The van der Waals surface area contributed by atoms with E-state index in [1.807, 2.05) is 6.08 Å². The molecule has 0 aromatic carbocycles. The minimum absolute atomic E-state index is 0.0576. The number of unbranched alkanes of at least 4 members (excludes halogenated alkanes) is 39. The maximum Gasteiger partial charge on any atom is 0.220 e. The number of rotatable bonds is 46. The van der Waals surface area contributed by atoms with Crippen LogP contribution >= 0.6 is 0 Å². The molecule has 0 fully saturated rings. The van der Waals surface area contributed by atoms with Crippen molar-refractivity contribution in [2.45, 2.75) is 296 Å². The van der Waals surface area contributed by atoms with E-state index in [1.54, 1.807) is 6.08 Å². The number of nitrogens with one attached hydrogen (secondary N) is 1. The van der Waals surface area contributed by atoms with E-state index in [2.05, 4.69) is 19.2 Å². The molecule has 0 spiro atoms. The Morgan fingerprint density at radius 2 is 0.685 bits per heavy atom. The molecule has 0 aliphatic rings. The highest BCUT2D eigenvalue weighted by Gasteiger charge is 2.18. The predicted molar refractivity (Wildman–Crippen MR) is 239 cm³/mol. The molecule has 0 saturated carbocycles. The quantitative estimate of drug-likeness (QED) is 0.0427. The van der Waals surface area contributed by atoms with Crippen molar-refractivity contribution in [2.75, 3.05) is 6.61 Å². The van der Waals surface area contributed by atoms with E-state index < -0.39 is 12.1 Å². The van der Waals surface area contributed by atoms with Gasteiger partial charge in [0.25, 0.3) is 0 Å². The Hall–Kier alpha value is -0.870. The summed E-state index contributed by atoms with van der Waals surface area (Å²) < 4.78 is 0. The first-order valence-electron chi connectivity index (χ1n) is 24.9. The maximum absolute atomic E-state index is 12.4. The molecular formula is C50H99NO3. The Labute approximate surface area is 339 Å². The molecule has 0 heterocycles. The first-order chi connectivity index (χ1) is 26.7. The molecule has 0 aromatic heterocycles. The van der Waals surface area contributed by atoms with E-state index in [0.29, 0.717) is 6.42 Å². The van der Waals surface area contributed by atoms with Crippen molar-refractivity contribution >= 4 is 5.91 Å². The standard InChI is InChI=1S/C50H99NO3/c1-3-5-7-9-11-13-15-17-19-21-22-23-24-25-26-27-28-29-30-32-34-36-38-40-42-44-46-50(54)51-48(47-52)49(53)45-43-41-39-37-35-33-31-20-18-16-14-12-10-8-6-4-2/h43,45,48-49,52-53H,3-42,44,46-47H2,1-2H3,(H,51,54)/b45-43+. The van der Waals surface area contributed by atoms with Crippen LogP contribution in [0.3, 0.4) is 0 Å². The van der Waals surface area contributed by atoms with Crippen LogP contribution in [-0.4, -0.2) is 34.9 Å². The zero-order chi connectivity index (χ0) is 39.3. The topological polar surface area (TPSA) is 69.6 Å². The molecule has 0 aliphatic heterocycles. The summed E-state index contributed by atoms with van der Waals surface area (Å²) in [5, 5.41) is 23.1. The Balaban J connectivity index is 3.45. The summed E-state index contributed by atoms with van der Waals surface area (Å²) in [4.78, 5) is 12.4. The minimum atomic E-state index is -0.834. The molecular weight excluding hydrogens is 663 g/mol. The van der Waals surface area contributed by atoms with Crippen molar-refractivity contribution in [1.82, 2.24) is 5.32 Å². The van der Waals surface area contributed by atoms with Gasteiger partial charge in [0.15, 0.2) is 0 Å². The number of allylic oxidation sites excluding steroid dienone is 1. The first kappa shape index (κ1) is 53.1. The van der Waals surface area contributed by atoms with Crippen LogP contribution < -0.4 is 5.32 Å². The van der Waals surface area contributed by atoms with Gasteiger partial charge < -0.3 is 15.5 Å². The molecule has 0 aliphatic carbocycles. The van der Waals surface area contributed by atoms with Crippen LogP contribution in [-0.2, 0) is 4.79 Å². The van der Waals surface area contributed by atoms with Crippen LogP contribution in [0, 0.1) is 0 Å². The zero-order valence-corrected chi connectivity index (χ0v) is 37.0. The minimum Gasteiger partial charge on any atom is -0.394 e. The summed E-state index contributed by atoms with van der Waals surface area (Å²) in [6.07, 6.45) is 59.2. The zero-order valence-electron chi connectivity index (χ0n) is 37.0. The average Bonchev–Trinajstić information content (AvgIpc) is 3.18. The second kappa shape index (κ2) is 46.5.